The first-order chi connectivity index (χ1) is 17.4. The molecule has 6 N–H and O–H groups in total. The van der Waals surface area contributed by atoms with Gasteiger partial charge in [0.05, 0.1) is 28.7 Å². The number of nitrogen functional groups attached to an aromatic ring is 2. The van der Waals surface area contributed by atoms with Gasteiger partial charge in [-0.1, -0.05) is 0 Å². The quantitative estimate of drug-likeness (QED) is 0.241. The maximum atomic E-state index is 13.2. The van der Waals surface area contributed by atoms with E-state index in [0.29, 0.717) is 41.0 Å². The smallest absolute Gasteiger partial charge is 0.254 e. The van der Waals surface area contributed by atoms with Crippen LogP contribution in [0.15, 0.2) is 48.7 Å². The third-order valence-corrected chi connectivity index (χ3v) is 7.03. The molecule has 188 valence electrons. The number of fused-ring (bicyclic) bond motifs is 1. The first-order valence-corrected chi connectivity index (χ1v) is 12.0. The number of anilines is 4. The minimum atomic E-state index is -0.00897. The number of nitriles is 1. The molecule has 2 aliphatic rings. The Bertz CT molecular complexity index is 1330. The van der Waals surface area contributed by atoms with Gasteiger partial charge in [0.15, 0.2) is 0 Å². The second-order valence-electron chi connectivity index (χ2n) is 9.36. The zero-order chi connectivity index (χ0) is 25.2. The van der Waals surface area contributed by atoms with Gasteiger partial charge >= 0.3 is 0 Å². The van der Waals surface area contributed by atoms with Gasteiger partial charge in [0.2, 0.25) is 5.95 Å². The SMILES string of the molecule is C[C@@H]1C[C@H](N2Cc3cnc(Nc4ccc(C#N)cc4)nc3C2)CCN1C(=O)c1ccc(NN)c(N)c1.[HH].[HH]. The lowest BCUT2D eigenvalue weighted by Crippen LogP contribution is -2.50. The summed E-state index contributed by atoms with van der Waals surface area (Å²) in [6, 6.07) is 15.0. The molecule has 10 nitrogen and oxygen atoms in total. The van der Waals surface area contributed by atoms with E-state index in [1.807, 2.05) is 23.2 Å². The summed E-state index contributed by atoms with van der Waals surface area (Å²) in [5, 5.41) is 12.2. The van der Waals surface area contributed by atoms with Crippen molar-refractivity contribution >= 4 is 28.9 Å². The molecule has 10 heteroatoms. The molecular formula is C26H33N9O. The standard InChI is InChI=1S/C26H29N9O.2H2/c1-16-10-21(8-9-35(16)25(36)18-4-7-23(33-29)22(28)11-18)34-14-19-13-30-26(32-24(19)15-34)31-20-5-2-17(12-27)3-6-20;;/h2-7,11,13,16,21,33H,8-10,14-15,28-29H2,1H3,(H,30,31,32);2*1H/t16-,21-;;/m1../s1. The van der Waals surface area contributed by atoms with E-state index in [1.54, 1.807) is 30.3 Å². The molecule has 2 atom stereocenters. The van der Waals surface area contributed by atoms with Gasteiger partial charge in [-0.25, -0.2) is 9.97 Å². The van der Waals surface area contributed by atoms with Gasteiger partial charge in [-0.3, -0.25) is 15.5 Å². The largest absolute Gasteiger partial charge is 0.397 e. The molecule has 1 fully saturated rings. The van der Waals surface area contributed by atoms with E-state index in [1.165, 1.54) is 0 Å². The minimum Gasteiger partial charge on any atom is -0.397 e. The van der Waals surface area contributed by atoms with Crippen molar-refractivity contribution in [3.05, 3.63) is 71.0 Å². The predicted molar refractivity (Wildman–Crippen MR) is 142 cm³/mol. The summed E-state index contributed by atoms with van der Waals surface area (Å²) in [6.45, 7) is 4.36. The number of nitrogens with two attached hydrogens (primary N) is 2. The zero-order valence-electron chi connectivity index (χ0n) is 20.1. The van der Waals surface area contributed by atoms with E-state index >= 15 is 0 Å². The fourth-order valence-corrected chi connectivity index (χ4v) is 5.03. The van der Waals surface area contributed by atoms with Crippen LogP contribution in [0, 0.1) is 11.3 Å². The molecule has 0 bridgehead atoms. The number of likely N-dealkylation sites (tertiary alicyclic amines) is 1. The van der Waals surface area contributed by atoms with Crippen molar-refractivity contribution in [3.8, 4) is 6.07 Å². The second kappa shape index (κ2) is 9.81. The van der Waals surface area contributed by atoms with Crippen LogP contribution in [0.5, 0.6) is 0 Å². The molecular weight excluding hydrogens is 454 g/mol. The topological polar surface area (TPSA) is 149 Å². The summed E-state index contributed by atoms with van der Waals surface area (Å²) in [6.07, 6.45) is 3.67. The number of nitrogens with zero attached hydrogens (tertiary/aromatic N) is 5. The maximum Gasteiger partial charge on any atom is 0.254 e. The summed E-state index contributed by atoms with van der Waals surface area (Å²) in [5.41, 5.74) is 13.8. The van der Waals surface area contributed by atoms with Crippen molar-refractivity contribution in [2.75, 3.05) is 23.0 Å². The van der Waals surface area contributed by atoms with E-state index in [0.717, 1.165) is 42.9 Å². The zero-order valence-corrected chi connectivity index (χ0v) is 20.1. The molecule has 0 radical (unpaired) electrons. The lowest BCUT2D eigenvalue weighted by atomic mass is 9.96. The maximum absolute atomic E-state index is 13.2. The molecule has 3 heterocycles. The van der Waals surface area contributed by atoms with E-state index in [2.05, 4.69) is 33.6 Å². The summed E-state index contributed by atoms with van der Waals surface area (Å²) in [7, 11) is 0. The highest BCUT2D eigenvalue weighted by atomic mass is 16.2. The lowest BCUT2D eigenvalue weighted by Gasteiger charge is -2.41. The Balaban J connectivity index is 0.00000200. The average Bonchev–Trinajstić information content (AvgIpc) is 3.32. The second-order valence-corrected chi connectivity index (χ2v) is 9.36. The van der Waals surface area contributed by atoms with Crippen LogP contribution in [0.25, 0.3) is 0 Å². The Morgan fingerprint density at radius 2 is 2.03 bits per heavy atom. The Labute approximate surface area is 212 Å². The molecule has 1 saturated heterocycles. The average molecular weight is 488 g/mol. The van der Waals surface area contributed by atoms with Crippen LogP contribution in [0.3, 0.4) is 0 Å². The number of piperidine rings is 1. The van der Waals surface area contributed by atoms with Crippen molar-refractivity contribution in [1.29, 1.82) is 5.26 Å². The summed E-state index contributed by atoms with van der Waals surface area (Å²) in [5.74, 6) is 5.99. The van der Waals surface area contributed by atoms with Gasteiger partial charge in [-0.05, 0) is 62.2 Å². The molecule has 1 amide bonds. The fourth-order valence-electron chi connectivity index (χ4n) is 5.03. The highest BCUT2D eigenvalue weighted by molar-refractivity contribution is 5.96. The first kappa shape index (κ1) is 23.5. The van der Waals surface area contributed by atoms with Gasteiger partial charge < -0.3 is 21.4 Å². The van der Waals surface area contributed by atoms with Gasteiger partial charge in [0.25, 0.3) is 5.91 Å². The van der Waals surface area contributed by atoms with Crippen molar-refractivity contribution in [1.82, 2.24) is 19.8 Å². The Morgan fingerprint density at radius 3 is 2.72 bits per heavy atom. The molecule has 2 aromatic carbocycles. The number of amides is 1. The van der Waals surface area contributed by atoms with Crippen molar-refractivity contribution in [2.45, 2.75) is 44.9 Å². The van der Waals surface area contributed by atoms with Gasteiger partial charge in [-0.2, -0.15) is 5.26 Å². The summed E-state index contributed by atoms with van der Waals surface area (Å²) >= 11 is 0. The molecule has 5 rings (SSSR count). The number of hydrogen-bond donors (Lipinski definition) is 4. The number of benzene rings is 2. The molecule has 36 heavy (non-hydrogen) atoms. The highest BCUT2D eigenvalue weighted by Gasteiger charge is 2.35. The molecule has 0 unspecified atom stereocenters. The van der Waals surface area contributed by atoms with Crippen LogP contribution in [-0.4, -0.2) is 44.3 Å². The van der Waals surface area contributed by atoms with Crippen LogP contribution in [-0.2, 0) is 13.1 Å². The molecule has 2 aliphatic heterocycles. The third-order valence-electron chi connectivity index (χ3n) is 7.03. The molecule has 3 aromatic rings. The third kappa shape index (κ3) is 4.66. The molecule has 1 aromatic heterocycles. The number of nitrogens with one attached hydrogen (secondary N) is 2. The number of carbonyl (C=O) groups excluding carboxylic acids is 1. The Hall–Kier alpha value is -4.20. The van der Waals surface area contributed by atoms with Crippen molar-refractivity contribution in [3.63, 3.8) is 0 Å². The number of carbonyl (C=O) groups is 1. The number of aromatic nitrogens is 2. The summed E-state index contributed by atoms with van der Waals surface area (Å²) < 4.78 is 0. The van der Waals surface area contributed by atoms with Crippen LogP contribution in [0.2, 0.25) is 0 Å². The molecule has 0 saturated carbocycles. The lowest BCUT2D eigenvalue weighted by molar-refractivity contribution is 0.0460. The van der Waals surface area contributed by atoms with E-state index in [9.17, 15) is 4.79 Å². The van der Waals surface area contributed by atoms with Crippen molar-refractivity contribution in [2.24, 2.45) is 5.84 Å². The van der Waals surface area contributed by atoms with Crippen LogP contribution in [0.1, 0.15) is 49.8 Å². The van der Waals surface area contributed by atoms with E-state index < -0.39 is 0 Å². The van der Waals surface area contributed by atoms with Gasteiger partial charge in [0.1, 0.15) is 0 Å². The highest BCUT2D eigenvalue weighted by Crippen LogP contribution is 2.31. The number of hydrazine groups is 1. The van der Waals surface area contributed by atoms with Crippen LogP contribution < -0.4 is 22.3 Å². The molecule has 0 spiro atoms. The monoisotopic (exact) mass is 487 g/mol. The van der Waals surface area contributed by atoms with E-state index in [-0.39, 0.29) is 14.8 Å². The van der Waals surface area contributed by atoms with Gasteiger partial charge in [0, 0.05) is 57.6 Å². The van der Waals surface area contributed by atoms with Gasteiger partial charge in [-0.15, -0.1) is 0 Å². The summed E-state index contributed by atoms with van der Waals surface area (Å²) in [4.78, 5) is 26.7. The fraction of sp³-hybridized carbons (Fsp3) is 0.308. The Morgan fingerprint density at radius 1 is 1.22 bits per heavy atom. The number of hydrogen-bond acceptors (Lipinski definition) is 9. The number of rotatable bonds is 5. The molecule has 0 aliphatic carbocycles. The van der Waals surface area contributed by atoms with Crippen LogP contribution in [0.4, 0.5) is 23.0 Å². The predicted octanol–water partition coefficient (Wildman–Crippen LogP) is 3.46. The first-order valence-electron chi connectivity index (χ1n) is 12.0. The Kier molecular flexibility index (Phi) is 6.41. The van der Waals surface area contributed by atoms with Crippen molar-refractivity contribution < 1.29 is 7.65 Å². The minimum absolute atomic E-state index is 0. The van der Waals surface area contributed by atoms with Crippen LogP contribution >= 0.6 is 0 Å². The van der Waals surface area contributed by atoms with E-state index in [4.69, 9.17) is 21.8 Å². The normalized spacial score (nSPS) is 19.4.